The van der Waals surface area contributed by atoms with Crippen LogP contribution in [0.5, 0.6) is 0 Å². The lowest BCUT2D eigenvalue weighted by Crippen LogP contribution is -2.11. The molecule has 1 aliphatic heterocycles. The van der Waals surface area contributed by atoms with Crippen LogP contribution in [0.15, 0.2) is 24.3 Å². The average Bonchev–Trinajstić information content (AvgIpc) is 2.88. The summed E-state index contributed by atoms with van der Waals surface area (Å²) in [6, 6.07) is 6.35. The third kappa shape index (κ3) is 3.81. The lowest BCUT2D eigenvalue weighted by Gasteiger charge is -2.08. The van der Waals surface area contributed by atoms with Gasteiger partial charge in [0.2, 0.25) is 0 Å². The molecule has 1 unspecified atom stereocenters. The van der Waals surface area contributed by atoms with E-state index in [-0.39, 0.29) is 18.4 Å². The number of halogens is 1. The molecule has 0 bridgehead atoms. The van der Waals surface area contributed by atoms with E-state index in [1.54, 1.807) is 18.2 Å². The van der Waals surface area contributed by atoms with Crippen molar-refractivity contribution in [2.24, 2.45) is 5.92 Å². The number of carbonyl (C=O) groups is 1. The second-order valence-electron chi connectivity index (χ2n) is 4.65. The van der Waals surface area contributed by atoms with E-state index in [1.807, 2.05) is 0 Å². The summed E-state index contributed by atoms with van der Waals surface area (Å²) in [7, 11) is 0. The van der Waals surface area contributed by atoms with Gasteiger partial charge in [0.1, 0.15) is 12.4 Å². The van der Waals surface area contributed by atoms with Crippen molar-refractivity contribution in [1.29, 1.82) is 0 Å². The van der Waals surface area contributed by atoms with E-state index in [4.69, 9.17) is 4.74 Å². The van der Waals surface area contributed by atoms with Crippen LogP contribution in [0.25, 0.3) is 0 Å². The fourth-order valence-corrected chi connectivity index (χ4v) is 2.13. The number of nitrogens with one attached hydrogen (secondary N) is 1. The third-order valence-electron chi connectivity index (χ3n) is 3.27. The van der Waals surface area contributed by atoms with Gasteiger partial charge in [-0.05, 0) is 37.9 Å². The van der Waals surface area contributed by atoms with Gasteiger partial charge in [-0.3, -0.25) is 4.79 Å². The molecule has 1 aromatic rings. The van der Waals surface area contributed by atoms with Gasteiger partial charge in [0.05, 0.1) is 0 Å². The number of hydrogen-bond acceptors (Lipinski definition) is 3. The van der Waals surface area contributed by atoms with Crippen LogP contribution in [0.4, 0.5) is 4.39 Å². The minimum absolute atomic E-state index is 0.0222. The summed E-state index contributed by atoms with van der Waals surface area (Å²) in [5.74, 6) is 0.00135. The second-order valence-corrected chi connectivity index (χ2v) is 4.65. The number of benzene rings is 1. The molecule has 1 fully saturated rings. The number of ether oxygens (including phenoxy) is 1. The van der Waals surface area contributed by atoms with Gasteiger partial charge in [-0.15, -0.1) is 0 Å². The standard InChI is InChI=1S/C14H18FNO2/c15-13-4-2-1-3-12(13)10-18-14(17)6-5-11-7-8-16-9-11/h1-4,11,16H,5-10H2. The normalized spacial score (nSPS) is 18.8. The molecule has 0 spiro atoms. The Morgan fingerprint density at radius 3 is 3.00 bits per heavy atom. The van der Waals surface area contributed by atoms with Crippen LogP contribution < -0.4 is 5.32 Å². The monoisotopic (exact) mass is 251 g/mol. The highest BCUT2D eigenvalue weighted by Crippen LogP contribution is 2.15. The zero-order chi connectivity index (χ0) is 12.8. The first-order valence-electron chi connectivity index (χ1n) is 6.35. The summed E-state index contributed by atoms with van der Waals surface area (Å²) < 4.78 is 18.3. The Kier molecular flexibility index (Phi) is 4.70. The SMILES string of the molecule is O=C(CCC1CCNC1)OCc1ccccc1F. The van der Waals surface area contributed by atoms with Crippen molar-refractivity contribution >= 4 is 5.97 Å². The maximum absolute atomic E-state index is 13.3. The first-order valence-corrected chi connectivity index (χ1v) is 6.35. The Balaban J connectivity index is 1.69. The van der Waals surface area contributed by atoms with Gasteiger partial charge in [0.25, 0.3) is 0 Å². The van der Waals surface area contributed by atoms with Crippen molar-refractivity contribution in [2.45, 2.75) is 25.9 Å². The third-order valence-corrected chi connectivity index (χ3v) is 3.27. The first kappa shape index (κ1) is 13.0. The van der Waals surface area contributed by atoms with E-state index in [9.17, 15) is 9.18 Å². The fraction of sp³-hybridized carbons (Fsp3) is 0.500. The molecule has 0 amide bonds. The average molecular weight is 251 g/mol. The van der Waals surface area contributed by atoms with Gasteiger partial charge < -0.3 is 10.1 Å². The molecule has 1 aliphatic rings. The maximum atomic E-state index is 13.3. The summed E-state index contributed by atoms with van der Waals surface area (Å²) in [4.78, 5) is 11.5. The topological polar surface area (TPSA) is 38.3 Å². The molecule has 1 heterocycles. The lowest BCUT2D eigenvalue weighted by atomic mass is 10.0. The molecular weight excluding hydrogens is 233 g/mol. The summed E-state index contributed by atoms with van der Waals surface area (Å²) in [6.07, 6.45) is 2.39. The van der Waals surface area contributed by atoms with Crippen LogP contribution in [0.2, 0.25) is 0 Å². The molecule has 1 atom stereocenters. The summed E-state index contributed by atoms with van der Waals surface area (Å²) in [5.41, 5.74) is 0.424. The van der Waals surface area contributed by atoms with Crippen molar-refractivity contribution < 1.29 is 13.9 Å². The van der Waals surface area contributed by atoms with Crippen molar-refractivity contribution in [2.75, 3.05) is 13.1 Å². The molecule has 1 saturated heterocycles. The van der Waals surface area contributed by atoms with Gasteiger partial charge in [-0.2, -0.15) is 0 Å². The zero-order valence-corrected chi connectivity index (χ0v) is 10.3. The molecule has 0 aromatic heterocycles. The van der Waals surface area contributed by atoms with E-state index >= 15 is 0 Å². The Morgan fingerprint density at radius 1 is 1.44 bits per heavy atom. The van der Waals surface area contributed by atoms with Crippen molar-refractivity contribution in [1.82, 2.24) is 5.32 Å². The molecule has 2 rings (SSSR count). The number of carbonyl (C=O) groups excluding carboxylic acids is 1. The van der Waals surface area contributed by atoms with E-state index in [1.165, 1.54) is 6.07 Å². The van der Waals surface area contributed by atoms with Crippen LogP contribution in [0.1, 0.15) is 24.8 Å². The van der Waals surface area contributed by atoms with E-state index in [2.05, 4.69) is 5.32 Å². The Labute approximate surface area is 106 Å². The number of esters is 1. The highest BCUT2D eigenvalue weighted by Gasteiger charge is 2.16. The molecule has 4 heteroatoms. The maximum Gasteiger partial charge on any atom is 0.306 e. The molecule has 18 heavy (non-hydrogen) atoms. The predicted octanol–water partition coefficient (Wildman–Crippen LogP) is 2.26. The molecule has 1 aromatic carbocycles. The number of hydrogen-bond donors (Lipinski definition) is 1. The molecule has 0 saturated carbocycles. The summed E-state index contributed by atoms with van der Waals surface area (Å²) in [6.45, 7) is 2.05. The van der Waals surface area contributed by atoms with Crippen molar-refractivity contribution in [3.63, 3.8) is 0 Å². The predicted molar refractivity (Wildman–Crippen MR) is 66.4 cm³/mol. The second kappa shape index (κ2) is 6.50. The highest BCUT2D eigenvalue weighted by atomic mass is 19.1. The van der Waals surface area contributed by atoms with Crippen LogP contribution in [-0.2, 0) is 16.1 Å². The van der Waals surface area contributed by atoms with Gasteiger partial charge in [-0.1, -0.05) is 18.2 Å². The van der Waals surface area contributed by atoms with Gasteiger partial charge >= 0.3 is 5.97 Å². The summed E-state index contributed by atoms with van der Waals surface area (Å²) in [5, 5.41) is 3.26. The van der Waals surface area contributed by atoms with E-state index in [0.29, 0.717) is 17.9 Å². The Hall–Kier alpha value is -1.42. The summed E-state index contributed by atoms with van der Waals surface area (Å²) >= 11 is 0. The first-order chi connectivity index (χ1) is 8.75. The highest BCUT2D eigenvalue weighted by molar-refractivity contribution is 5.69. The van der Waals surface area contributed by atoms with Gasteiger partial charge in [0.15, 0.2) is 0 Å². The fourth-order valence-electron chi connectivity index (χ4n) is 2.13. The molecule has 98 valence electrons. The molecule has 0 aliphatic carbocycles. The minimum Gasteiger partial charge on any atom is -0.461 e. The van der Waals surface area contributed by atoms with E-state index < -0.39 is 0 Å². The van der Waals surface area contributed by atoms with Crippen LogP contribution in [0.3, 0.4) is 0 Å². The Morgan fingerprint density at radius 2 is 2.28 bits per heavy atom. The largest absolute Gasteiger partial charge is 0.461 e. The van der Waals surface area contributed by atoms with Crippen LogP contribution in [0, 0.1) is 11.7 Å². The van der Waals surface area contributed by atoms with Gasteiger partial charge in [-0.25, -0.2) is 4.39 Å². The zero-order valence-electron chi connectivity index (χ0n) is 10.3. The van der Waals surface area contributed by atoms with Gasteiger partial charge in [0, 0.05) is 12.0 Å². The molecular formula is C14H18FNO2. The molecule has 1 N–H and O–H groups in total. The minimum atomic E-state index is -0.328. The Bertz CT molecular complexity index is 403. The smallest absolute Gasteiger partial charge is 0.306 e. The number of rotatable bonds is 5. The van der Waals surface area contributed by atoms with Crippen LogP contribution >= 0.6 is 0 Å². The van der Waals surface area contributed by atoms with Crippen LogP contribution in [-0.4, -0.2) is 19.1 Å². The van der Waals surface area contributed by atoms with Crippen molar-refractivity contribution in [3.05, 3.63) is 35.6 Å². The molecule has 0 radical (unpaired) electrons. The quantitative estimate of drug-likeness (QED) is 0.816. The van der Waals surface area contributed by atoms with E-state index in [0.717, 1.165) is 25.9 Å². The lowest BCUT2D eigenvalue weighted by molar-refractivity contribution is -0.145. The van der Waals surface area contributed by atoms with Crippen molar-refractivity contribution in [3.8, 4) is 0 Å². The molecule has 3 nitrogen and oxygen atoms in total.